The van der Waals surface area contributed by atoms with Gasteiger partial charge in [0.15, 0.2) is 5.17 Å². The molecule has 0 aromatic rings. The van der Waals surface area contributed by atoms with E-state index in [0.29, 0.717) is 5.25 Å². The zero-order valence-corrected chi connectivity index (χ0v) is 12.1. The monoisotopic (exact) mass is 254 g/mol. The molecule has 3 heteroatoms. The fourth-order valence-corrected chi connectivity index (χ4v) is 3.76. The van der Waals surface area contributed by atoms with Gasteiger partial charge in [0.1, 0.15) is 0 Å². The maximum absolute atomic E-state index is 4.58. The van der Waals surface area contributed by atoms with E-state index in [9.17, 15) is 0 Å². The number of thioether (sulfide) groups is 1. The summed E-state index contributed by atoms with van der Waals surface area (Å²) < 4.78 is 0. The quantitative estimate of drug-likeness (QED) is 0.757. The molecule has 1 unspecified atom stereocenters. The molecule has 1 saturated carbocycles. The summed E-state index contributed by atoms with van der Waals surface area (Å²) in [6.45, 7) is 6.70. The molecule has 0 aromatic heterocycles. The highest BCUT2D eigenvalue weighted by molar-refractivity contribution is 8.14. The highest BCUT2D eigenvalue weighted by Crippen LogP contribution is 2.28. The minimum atomic E-state index is 0.701. The smallest absolute Gasteiger partial charge is 0.156 e. The van der Waals surface area contributed by atoms with Crippen LogP contribution in [0, 0.1) is 11.8 Å². The van der Waals surface area contributed by atoms with Crippen molar-refractivity contribution in [3.8, 4) is 0 Å². The van der Waals surface area contributed by atoms with Crippen LogP contribution in [0.3, 0.4) is 0 Å². The van der Waals surface area contributed by atoms with Crippen molar-refractivity contribution in [1.82, 2.24) is 5.32 Å². The third-order valence-corrected chi connectivity index (χ3v) is 5.45. The molecule has 17 heavy (non-hydrogen) atoms. The van der Waals surface area contributed by atoms with Crippen LogP contribution in [0.4, 0.5) is 0 Å². The van der Waals surface area contributed by atoms with Gasteiger partial charge in [-0.3, -0.25) is 4.99 Å². The van der Waals surface area contributed by atoms with Crippen molar-refractivity contribution in [1.29, 1.82) is 0 Å². The molecular weight excluding hydrogens is 228 g/mol. The van der Waals surface area contributed by atoms with E-state index in [1.54, 1.807) is 0 Å². The molecule has 0 spiro atoms. The molecule has 0 amide bonds. The number of rotatable bonds is 5. The number of hydrogen-bond acceptors (Lipinski definition) is 3. The molecule has 2 rings (SSSR count). The first-order valence-electron chi connectivity index (χ1n) is 7.20. The van der Waals surface area contributed by atoms with Crippen LogP contribution in [0.15, 0.2) is 4.99 Å². The summed E-state index contributed by atoms with van der Waals surface area (Å²) in [4.78, 5) is 4.58. The zero-order valence-electron chi connectivity index (χ0n) is 11.2. The Morgan fingerprint density at radius 2 is 2.12 bits per heavy atom. The highest BCUT2D eigenvalue weighted by Gasteiger charge is 2.22. The van der Waals surface area contributed by atoms with E-state index < -0.39 is 0 Å². The van der Waals surface area contributed by atoms with Crippen LogP contribution >= 0.6 is 11.8 Å². The molecule has 1 N–H and O–H groups in total. The maximum Gasteiger partial charge on any atom is 0.156 e. The third kappa shape index (κ3) is 4.20. The standard InChI is InChI=1S/C14H26N2S/c1-11(2)13-10-16-14(17-13)15-9-5-8-12-6-3-4-7-12/h11-13H,3-10H2,1-2H3,(H,15,16). The second-order valence-electron chi connectivity index (χ2n) is 5.77. The van der Waals surface area contributed by atoms with E-state index in [1.165, 1.54) is 43.7 Å². The first-order valence-corrected chi connectivity index (χ1v) is 8.08. The van der Waals surface area contributed by atoms with Gasteiger partial charge in [-0.25, -0.2) is 0 Å². The summed E-state index contributed by atoms with van der Waals surface area (Å²) in [6.07, 6.45) is 8.62. The van der Waals surface area contributed by atoms with E-state index >= 15 is 0 Å². The van der Waals surface area contributed by atoms with Gasteiger partial charge in [-0.1, -0.05) is 51.3 Å². The highest BCUT2D eigenvalue weighted by atomic mass is 32.2. The summed E-state index contributed by atoms with van der Waals surface area (Å²) in [5.41, 5.74) is 0. The lowest BCUT2D eigenvalue weighted by Crippen LogP contribution is -2.22. The summed E-state index contributed by atoms with van der Waals surface area (Å²) in [7, 11) is 0. The average Bonchev–Trinajstić information content (AvgIpc) is 2.96. The van der Waals surface area contributed by atoms with E-state index in [-0.39, 0.29) is 0 Å². The van der Waals surface area contributed by atoms with Gasteiger partial charge in [-0.05, 0) is 24.7 Å². The minimum Gasteiger partial charge on any atom is -0.365 e. The Morgan fingerprint density at radius 1 is 1.35 bits per heavy atom. The SMILES string of the molecule is CC(C)C1CN=C(NCCCC2CCCC2)S1. The van der Waals surface area contributed by atoms with Crippen LogP contribution in [0.1, 0.15) is 52.4 Å². The molecule has 0 radical (unpaired) electrons. The van der Waals surface area contributed by atoms with Gasteiger partial charge in [0.05, 0.1) is 6.54 Å². The Kier molecular flexibility index (Phi) is 5.20. The lowest BCUT2D eigenvalue weighted by Gasteiger charge is -2.12. The summed E-state index contributed by atoms with van der Waals surface area (Å²) >= 11 is 1.94. The number of nitrogens with zero attached hydrogens (tertiary/aromatic N) is 1. The van der Waals surface area contributed by atoms with Crippen LogP contribution in [0.5, 0.6) is 0 Å². The Labute approximate surface area is 110 Å². The lowest BCUT2D eigenvalue weighted by molar-refractivity contribution is 0.482. The largest absolute Gasteiger partial charge is 0.365 e. The molecule has 1 aliphatic carbocycles. The molecule has 2 aliphatic rings. The maximum atomic E-state index is 4.58. The van der Waals surface area contributed by atoms with Gasteiger partial charge in [0.25, 0.3) is 0 Å². The normalized spacial score (nSPS) is 25.6. The number of nitrogens with one attached hydrogen (secondary N) is 1. The van der Waals surface area contributed by atoms with Crippen molar-refractivity contribution in [2.45, 2.75) is 57.6 Å². The molecule has 0 aromatic carbocycles. The fourth-order valence-electron chi connectivity index (χ4n) is 2.72. The summed E-state index contributed by atoms with van der Waals surface area (Å²) in [5, 5.41) is 5.39. The van der Waals surface area contributed by atoms with Gasteiger partial charge in [-0.15, -0.1) is 0 Å². The van der Waals surface area contributed by atoms with Crippen molar-refractivity contribution in [2.75, 3.05) is 13.1 Å². The van der Waals surface area contributed by atoms with Crippen LogP contribution < -0.4 is 5.32 Å². The minimum absolute atomic E-state index is 0.701. The summed E-state index contributed by atoms with van der Waals surface area (Å²) in [6, 6.07) is 0. The number of aliphatic imine (C=N–C) groups is 1. The Balaban J connectivity index is 1.54. The van der Waals surface area contributed by atoms with Crippen LogP contribution in [0.25, 0.3) is 0 Å². The first kappa shape index (κ1) is 13.3. The van der Waals surface area contributed by atoms with Crippen molar-refractivity contribution in [2.24, 2.45) is 16.8 Å². The Bertz CT molecular complexity index is 257. The van der Waals surface area contributed by atoms with E-state index in [2.05, 4.69) is 24.2 Å². The van der Waals surface area contributed by atoms with Gasteiger partial charge < -0.3 is 5.32 Å². The lowest BCUT2D eigenvalue weighted by atomic mass is 10.0. The fraction of sp³-hybridized carbons (Fsp3) is 0.929. The predicted molar refractivity (Wildman–Crippen MR) is 77.7 cm³/mol. The molecule has 0 saturated heterocycles. The topological polar surface area (TPSA) is 24.4 Å². The third-order valence-electron chi connectivity index (χ3n) is 3.96. The van der Waals surface area contributed by atoms with E-state index in [0.717, 1.165) is 24.9 Å². The zero-order chi connectivity index (χ0) is 12.1. The average molecular weight is 254 g/mol. The van der Waals surface area contributed by atoms with Crippen LogP contribution in [-0.4, -0.2) is 23.5 Å². The van der Waals surface area contributed by atoms with Gasteiger partial charge >= 0.3 is 0 Å². The van der Waals surface area contributed by atoms with Crippen molar-refractivity contribution >= 4 is 16.9 Å². The second-order valence-corrected chi connectivity index (χ2v) is 6.99. The molecular formula is C14H26N2S. The number of amidine groups is 1. The molecule has 1 heterocycles. The van der Waals surface area contributed by atoms with Gasteiger partial charge in [0, 0.05) is 11.8 Å². The molecule has 1 fully saturated rings. The Morgan fingerprint density at radius 3 is 2.76 bits per heavy atom. The van der Waals surface area contributed by atoms with Crippen LogP contribution in [-0.2, 0) is 0 Å². The Hall–Kier alpha value is -0.180. The molecule has 98 valence electrons. The molecule has 1 aliphatic heterocycles. The van der Waals surface area contributed by atoms with Gasteiger partial charge in [-0.2, -0.15) is 0 Å². The van der Waals surface area contributed by atoms with Crippen molar-refractivity contribution < 1.29 is 0 Å². The first-order chi connectivity index (χ1) is 8.25. The molecule has 1 atom stereocenters. The van der Waals surface area contributed by atoms with E-state index in [4.69, 9.17) is 0 Å². The molecule has 2 nitrogen and oxygen atoms in total. The number of hydrogen-bond donors (Lipinski definition) is 1. The van der Waals surface area contributed by atoms with E-state index in [1.807, 2.05) is 11.8 Å². The second kappa shape index (κ2) is 6.67. The summed E-state index contributed by atoms with van der Waals surface area (Å²) in [5.74, 6) is 1.76. The van der Waals surface area contributed by atoms with Crippen molar-refractivity contribution in [3.05, 3.63) is 0 Å². The predicted octanol–water partition coefficient (Wildman–Crippen LogP) is 3.67. The van der Waals surface area contributed by atoms with Crippen molar-refractivity contribution in [3.63, 3.8) is 0 Å². The molecule has 0 bridgehead atoms. The van der Waals surface area contributed by atoms with Gasteiger partial charge in [0.2, 0.25) is 0 Å². The van der Waals surface area contributed by atoms with Crippen LogP contribution in [0.2, 0.25) is 0 Å².